The highest BCUT2D eigenvalue weighted by Gasteiger charge is 2.32. The molecule has 0 amide bonds. The Morgan fingerprint density at radius 3 is 2.91 bits per heavy atom. The standard InChI is InChI=1S/C23H24N8O2S/c1-31-11-14-7-17(8-18-21(14)16(12-31)13-33-18)26-23-25-10-15(9-24)22(29-23)28-19-5-4-6-20(27-19)30-34(2,3)32/h4-8,10,16H,11-13H2,1-3H3,(H2,25,26,27,28,29). The lowest BCUT2D eigenvalue weighted by Crippen LogP contribution is -2.30. The Bertz CT molecular complexity index is 1430. The molecule has 2 aliphatic rings. The van der Waals surface area contributed by atoms with E-state index in [2.05, 4.69) is 54.0 Å². The van der Waals surface area contributed by atoms with Gasteiger partial charge in [0.25, 0.3) is 0 Å². The van der Waals surface area contributed by atoms with E-state index in [4.69, 9.17) is 4.74 Å². The van der Waals surface area contributed by atoms with Crippen molar-refractivity contribution >= 4 is 38.8 Å². The summed E-state index contributed by atoms with van der Waals surface area (Å²) in [6.45, 7) is 2.55. The minimum Gasteiger partial charge on any atom is -0.493 e. The largest absolute Gasteiger partial charge is 0.493 e. The van der Waals surface area contributed by atoms with E-state index in [0.29, 0.717) is 35.9 Å². The number of hydrogen-bond acceptors (Lipinski definition) is 10. The molecule has 0 fully saturated rings. The van der Waals surface area contributed by atoms with Crippen molar-refractivity contribution in [3.63, 3.8) is 0 Å². The number of ether oxygens (including phenoxy) is 1. The van der Waals surface area contributed by atoms with E-state index in [1.165, 1.54) is 17.3 Å². The third-order valence-corrected chi connectivity index (χ3v) is 6.13. The quantitative estimate of drug-likeness (QED) is 0.568. The number of anilines is 4. The predicted octanol–water partition coefficient (Wildman–Crippen LogP) is 3.51. The van der Waals surface area contributed by atoms with Gasteiger partial charge in [-0.3, -0.25) is 0 Å². The van der Waals surface area contributed by atoms with Gasteiger partial charge in [0, 0.05) is 58.6 Å². The monoisotopic (exact) mass is 476 g/mol. The Morgan fingerprint density at radius 2 is 2.12 bits per heavy atom. The van der Waals surface area contributed by atoms with Crippen LogP contribution in [0.4, 0.5) is 29.1 Å². The summed E-state index contributed by atoms with van der Waals surface area (Å²) >= 11 is 0. The van der Waals surface area contributed by atoms with Crippen LogP contribution in [0.3, 0.4) is 0 Å². The minimum absolute atomic E-state index is 0.265. The lowest BCUT2D eigenvalue weighted by atomic mass is 9.91. The number of aromatic nitrogens is 3. The zero-order valence-corrected chi connectivity index (χ0v) is 19.9. The molecule has 1 unspecified atom stereocenters. The van der Waals surface area contributed by atoms with E-state index in [-0.39, 0.29) is 5.56 Å². The van der Waals surface area contributed by atoms with Crippen molar-refractivity contribution in [2.75, 3.05) is 43.3 Å². The van der Waals surface area contributed by atoms with Gasteiger partial charge in [-0.15, -0.1) is 0 Å². The van der Waals surface area contributed by atoms with Crippen molar-refractivity contribution in [3.05, 3.63) is 53.2 Å². The summed E-state index contributed by atoms with van der Waals surface area (Å²) in [4.78, 5) is 15.4. The molecule has 0 saturated heterocycles. The molecule has 174 valence electrons. The average molecular weight is 477 g/mol. The van der Waals surface area contributed by atoms with Crippen LogP contribution in [0.15, 0.2) is 40.9 Å². The van der Waals surface area contributed by atoms with Crippen molar-refractivity contribution in [3.8, 4) is 11.8 Å². The van der Waals surface area contributed by atoms with Crippen molar-refractivity contribution < 1.29 is 8.95 Å². The van der Waals surface area contributed by atoms with Gasteiger partial charge in [-0.1, -0.05) is 6.07 Å². The first kappa shape index (κ1) is 22.1. The Balaban J connectivity index is 1.43. The highest BCUT2D eigenvalue weighted by molar-refractivity contribution is 7.92. The van der Waals surface area contributed by atoms with Gasteiger partial charge in [-0.25, -0.2) is 14.2 Å². The fourth-order valence-corrected chi connectivity index (χ4v) is 4.81. The molecule has 0 bridgehead atoms. The summed E-state index contributed by atoms with van der Waals surface area (Å²) in [6.07, 6.45) is 4.54. The van der Waals surface area contributed by atoms with Crippen LogP contribution in [-0.2, 0) is 16.3 Å². The van der Waals surface area contributed by atoms with Crippen LogP contribution >= 0.6 is 0 Å². The maximum absolute atomic E-state index is 12.0. The molecular weight excluding hydrogens is 452 g/mol. The summed E-state index contributed by atoms with van der Waals surface area (Å²) in [6, 6.07) is 11.3. The second-order valence-electron chi connectivity index (χ2n) is 8.72. The second-order valence-corrected chi connectivity index (χ2v) is 11.3. The number of benzene rings is 1. The molecule has 5 rings (SSSR count). The van der Waals surface area contributed by atoms with Crippen molar-refractivity contribution in [1.82, 2.24) is 19.9 Å². The SMILES string of the molecule is CN1Cc2cc(Nc3ncc(C#N)c(Nc4cccc(N=S(C)(C)=O)n4)n3)cc3c2C(CO3)C1. The molecule has 2 aromatic heterocycles. The normalized spacial score (nSPS) is 16.8. The van der Waals surface area contributed by atoms with E-state index in [0.717, 1.165) is 24.5 Å². The molecule has 4 heterocycles. The summed E-state index contributed by atoms with van der Waals surface area (Å²) in [5.74, 6) is 2.70. The number of pyridine rings is 1. The summed E-state index contributed by atoms with van der Waals surface area (Å²) in [5.41, 5.74) is 3.61. The van der Waals surface area contributed by atoms with Gasteiger partial charge < -0.3 is 20.3 Å². The second kappa shape index (κ2) is 8.55. The first-order valence-corrected chi connectivity index (χ1v) is 13.0. The van der Waals surface area contributed by atoms with Crippen molar-refractivity contribution in [2.24, 2.45) is 4.36 Å². The maximum Gasteiger partial charge on any atom is 0.229 e. The van der Waals surface area contributed by atoms with Gasteiger partial charge in [0.15, 0.2) is 11.6 Å². The maximum atomic E-state index is 12.0. The zero-order valence-electron chi connectivity index (χ0n) is 19.1. The number of hydrogen-bond donors (Lipinski definition) is 2. The van der Waals surface area contributed by atoms with Crippen molar-refractivity contribution in [2.45, 2.75) is 12.5 Å². The van der Waals surface area contributed by atoms with Crippen LogP contribution in [0.2, 0.25) is 0 Å². The van der Waals surface area contributed by atoms with Crippen LogP contribution in [-0.4, -0.2) is 56.8 Å². The smallest absolute Gasteiger partial charge is 0.229 e. The number of nitrogens with one attached hydrogen (secondary N) is 2. The highest BCUT2D eigenvalue weighted by atomic mass is 32.2. The lowest BCUT2D eigenvalue weighted by Gasteiger charge is -2.28. The molecule has 0 aliphatic carbocycles. The number of nitriles is 1. The van der Waals surface area contributed by atoms with E-state index in [1.54, 1.807) is 30.7 Å². The van der Waals surface area contributed by atoms with E-state index < -0.39 is 9.73 Å². The first-order chi connectivity index (χ1) is 16.3. The molecule has 1 aromatic carbocycles. The molecule has 0 saturated carbocycles. The Morgan fingerprint density at radius 1 is 1.26 bits per heavy atom. The molecule has 3 aromatic rings. The summed E-state index contributed by atoms with van der Waals surface area (Å²) in [7, 11) is -0.241. The molecular formula is C23H24N8O2S. The third-order valence-electron chi connectivity index (χ3n) is 5.51. The molecule has 0 spiro atoms. The first-order valence-electron chi connectivity index (χ1n) is 10.7. The predicted molar refractivity (Wildman–Crippen MR) is 131 cm³/mol. The third kappa shape index (κ3) is 4.64. The highest BCUT2D eigenvalue weighted by Crippen LogP contribution is 2.42. The minimum atomic E-state index is -2.35. The Kier molecular flexibility index (Phi) is 5.55. The van der Waals surface area contributed by atoms with Crippen LogP contribution in [0.25, 0.3) is 0 Å². The van der Waals surface area contributed by atoms with Gasteiger partial charge in [0.2, 0.25) is 5.95 Å². The van der Waals surface area contributed by atoms with Crippen LogP contribution in [0.1, 0.15) is 22.6 Å². The van der Waals surface area contributed by atoms with Gasteiger partial charge >= 0.3 is 0 Å². The fourth-order valence-electron chi connectivity index (χ4n) is 4.26. The molecule has 11 heteroatoms. The topological polar surface area (TPSA) is 128 Å². The molecule has 2 aliphatic heterocycles. The lowest BCUT2D eigenvalue weighted by molar-refractivity contribution is 0.251. The number of rotatable bonds is 5. The van der Waals surface area contributed by atoms with Crippen LogP contribution in [0.5, 0.6) is 5.75 Å². The van der Waals surface area contributed by atoms with Crippen molar-refractivity contribution in [1.29, 1.82) is 5.26 Å². The molecule has 10 nitrogen and oxygen atoms in total. The van der Waals surface area contributed by atoms with Gasteiger partial charge in [-0.05, 0) is 30.8 Å². The average Bonchev–Trinajstić information content (AvgIpc) is 3.16. The Labute approximate surface area is 198 Å². The molecule has 0 radical (unpaired) electrons. The van der Waals surface area contributed by atoms with E-state index in [9.17, 15) is 9.47 Å². The van der Waals surface area contributed by atoms with Crippen LogP contribution in [0, 0.1) is 11.3 Å². The zero-order chi connectivity index (χ0) is 23.9. The number of nitrogens with zero attached hydrogens (tertiary/aromatic N) is 6. The van der Waals surface area contributed by atoms with E-state index in [1.807, 2.05) is 6.07 Å². The molecule has 2 N–H and O–H groups in total. The van der Waals surface area contributed by atoms with Gasteiger partial charge in [-0.2, -0.15) is 14.6 Å². The van der Waals surface area contributed by atoms with Gasteiger partial charge in [0.1, 0.15) is 23.2 Å². The molecule has 34 heavy (non-hydrogen) atoms. The fraction of sp³-hybridized carbons (Fsp3) is 0.304. The summed E-state index contributed by atoms with van der Waals surface area (Å²) in [5, 5.41) is 15.8. The van der Waals surface area contributed by atoms with E-state index >= 15 is 0 Å². The summed E-state index contributed by atoms with van der Waals surface area (Å²) < 4.78 is 22.0. The van der Waals surface area contributed by atoms with Gasteiger partial charge in [0.05, 0.1) is 12.8 Å². The molecule has 1 atom stereocenters. The number of likely N-dealkylation sites (N-methyl/N-ethyl adjacent to an activating group) is 1. The van der Waals surface area contributed by atoms with Crippen LogP contribution < -0.4 is 15.4 Å². The Hall–Kier alpha value is -3.75.